The van der Waals surface area contributed by atoms with Gasteiger partial charge in [-0.3, -0.25) is 4.79 Å². The number of amides is 1. The van der Waals surface area contributed by atoms with E-state index in [-0.39, 0.29) is 5.82 Å². The summed E-state index contributed by atoms with van der Waals surface area (Å²) in [5, 5.41) is 3.94. The molecular formula is C21H18Cl3N3O. The van der Waals surface area contributed by atoms with Crippen LogP contribution in [0, 0.1) is 13.8 Å². The molecule has 28 heavy (non-hydrogen) atoms. The summed E-state index contributed by atoms with van der Waals surface area (Å²) in [7, 11) is 0. The molecule has 0 atom stereocenters. The molecule has 1 aromatic heterocycles. The molecule has 3 aromatic rings. The number of halogens is 3. The van der Waals surface area contributed by atoms with Crippen LogP contribution in [-0.4, -0.2) is 21.8 Å². The van der Waals surface area contributed by atoms with Crippen molar-refractivity contribution in [2.45, 2.75) is 20.3 Å². The van der Waals surface area contributed by atoms with Crippen molar-refractivity contribution in [1.29, 1.82) is 0 Å². The molecule has 1 N–H and O–H groups in total. The lowest BCUT2D eigenvalue weighted by Crippen LogP contribution is -2.17. The Bertz CT molecular complexity index is 1010. The number of nitrogens with one attached hydrogen (secondary N) is 1. The lowest BCUT2D eigenvalue weighted by molar-refractivity contribution is 0.101. The fourth-order valence-corrected chi connectivity index (χ4v) is 3.59. The van der Waals surface area contributed by atoms with E-state index < -0.39 is 5.91 Å². The van der Waals surface area contributed by atoms with Gasteiger partial charge in [-0.05, 0) is 61.2 Å². The maximum atomic E-state index is 12.7. The number of anilines is 1. The number of alkyl halides is 1. The summed E-state index contributed by atoms with van der Waals surface area (Å²) in [4.78, 5) is 21.2. The van der Waals surface area contributed by atoms with Gasteiger partial charge in [-0.25, -0.2) is 9.97 Å². The van der Waals surface area contributed by atoms with Gasteiger partial charge in [0.05, 0.1) is 10.7 Å². The van der Waals surface area contributed by atoms with E-state index in [1.165, 1.54) is 6.20 Å². The standard InChI is InChI=1S/C21H18Cl3N3O/c1-12-9-14(5-7-22)10-13(2)19(12)27-21(28)20-25-8-6-18(26-20)16-11-15(23)3-4-17(16)24/h3-4,6,8-11H,5,7H2,1-2H3,(H,27,28). The van der Waals surface area contributed by atoms with Gasteiger partial charge in [0, 0.05) is 28.4 Å². The Morgan fingerprint density at radius 3 is 2.46 bits per heavy atom. The minimum Gasteiger partial charge on any atom is -0.319 e. The summed E-state index contributed by atoms with van der Waals surface area (Å²) in [5.74, 6) is 0.213. The van der Waals surface area contributed by atoms with Gasteiger partial charge < -0.3 is 5.32 Å². The monoisotopic (exact) mass is 433 g/mol. The van der Waals surface area contributed by atoms with E-state index in [4.69, 9.17) is 34.8 Å². The molecule has 0 aliphatic heterocycles. The minimum atomic E-state index is -0.392. The predicted molar refractivity (Wildman–Crippen MR) is 116 cm³/mol. The maximum absolute atomic E-state index is 12.7. The van der Waals surface area contributed by atoms with Crippen molar-refractivity contribution >= 4 is 46.4 Å². The average Bonchev–Trinajstić information content (AvgIpc) is 2.67. The van der Waals surface area contributed by atoms with Gasteiger partial charge >= 0.3 is 0 Å². The van der Waals surface area contributed by atoms with Crippen molar-refractivity contribution < 1.29 is 4.79 Å². The Morgan fingerprint density at radius 2 is 1.79 bits per heavy atom. The second-order valence-corrected chi connectivity index (χ2v) is 7.61. The van der Waals surface area contributed by atoms with Gasteiger partial charge in [0.15, 0.2) is 0 Å². The highest BCUT2D eigenvalue weighted by Crippen LogP contribution is 2.29. The molecule has 144 valence electrons. The average molecular weight is 435 g/mol. The number of benzene rings is 2. The third-order valence-electron chi connectivity index (χ3n) is 4.28. The predicted octanol–water partition coefficient (Wildman–Crippen LogP) is 6.10. The number of hydrogen-bond acceptors (Lipinski definition) is 3. The number of rotatable bonds is 5. The Hall–Kier alpha value is -2.14. The van der Waals surface area contributed by atoms with Crippen LogP contribution in [0.3, 0.4) is 0 Å². The highest BCUT2D eigenvalue weighted by atomic mass is 35.5. The maximum Gasteiger partial charge on any atom is 0.293 e. The minimum absolute atomic E-state index is 0.0529. The molecule has 0 saturated heterocycles. The van der Waals surface area contributed by atoms with E-state index in [9.17, 15) is 4.79 Å². The second-order valence-electron chi connectivity index (χ2n) is 6.39. The van der Waals surface area contributed by atoms with Crippen LogP contribution in [0.2, 0.25) is 10.0 Å². The van der Waals surface area contributed by atoms with Gasteiger partial charge in [0.2, 0.25) is 5.82 Å². The molecule has 0 aliphatic rings. The summed E-state index contributed by atoms with van der Waals surface area (Å²) in [6, 6.07) is 10.8. The molecular weight excluding hydrogens is 417 g/mol. The van der Waals surface area contributed by atoms with Crippen LogP contribution in [-0.2, 0) is 6.42 Å². The number of hydrogen-bond donors (Lipinski definition) is 1. The largest absolute Gasteiger partial charge is 0.319 e. The van der Waals surface area contributed by atoms with E-state index in [1.807, 2.05) is 26.0 Å². The number of carbonyl (C=O) groups is 1. The first-order valence-corrected chi connectivity index (χ1v) is 9.94. The Labute approximate surface area is 178 Å². The van der Waals surface area contributed by atoms with Gasteiger partial charge in [-0.15, -0.1) is 11.6 Å². The van der Waals surface area contributed by atoms with Crippen molar-refractivity contribution in [2.24, 2.45) is 0 Å². The van der Waals surface area contributed by atoms with Gasteiger partial charge in [0.1, 0.15) is 0 Å². The molecule has 1 heterocycles. The summed E-state index contributed by atoms with van der Waals surface area (Å²) in [5.41, 5.74) is 4.97. The second kappa shape index (κ2) is 8.91. The Kier molecular flexibility index (Phi) is 6.55. The fraction of sp³-hybridized carbons (Fsp3) is 0.190. The SMILES string of the molecule is Cc1cc(CCCl)cc(C)c1NC(=O)c1nccc(-c2cc(Cl)ccc2Cl)n1. The van der Waals surface area contributed by atoms with Crippen molar-refractivity contribution in [3.05, 3.63) is 75.2 Å². The third-order valence-corrected chi connectivity index (χ3v) is 5.03. The lowest BCUT2D eigenvalue weighted by atomic mass is 10.0. The first-order valence-electron chi connectivity index (χ1n) is 8.65. The molecule has 0 aliphatic carbocycles. The van der Waals surface area contributed by atoms with Crippen molar-refractivity contribution in [3.8, 4) is 11.3 Å². The quantitative estimate of drug-likeness (QED) is 0.494. The van der Waals surface area contributed by atoms with Crippen LogP contribution in [0.5, 0.6) is 0 Å². The number of carbonyl (C=O) groups excluding carboxylic acids is 1. The fourth-order valence-electron chi connectivity index (χ4n) is 2.99. The topological polar surface area (TPSA) is 54.9 Å². The molecule has 7 heteroatoms. The van der Waals surface area contributed by atoms with E-state index in [0.29, 0.717) is 27.2 Å². The molecule has 2 aromatic carbocycles. The molecule has 0 radical (unpaired) electrons. The van der Waals surface area contributed by atoms with E-state index >= 15 is 0 Å². The molecule has 3 rings (SSSR count). The van der Waals surface area contributed by atoms with Gasteiger partial charge in [0.25, 0.3) is 5.91 Å². The highest BCUT2D eigenvalue weighted by molar-refractivity contribution is 6.35. The molecule has 0 fully saturated rings. The van der Waals surface area contributed by atoms with Crippen molar-refractivity contribution in [3.63, 3.8) is 0 Å². The number of aromatic nitrogens is 2. The van der Waals surface area contributed by atoms with Crippen LogP contribution in [0.25, 0.3) is 11.3 Å². The van der Waals surface area contributed by atoms with E-state index in [1.54, 1.807) is 24.3 Å². The summed E-state index contributed by atoms with van der Waals surface area (Å²) in [6.45, 7) is 3.90. The van der Waals surface area contributed by atoms with E-state index in [0.717, 1.165) is 28.8 Å². The van der Waals surface area contributed by atoms with Crippen LogP contribution in [0.1, 0.15) is 27.3 Å². The van der Waals surface area contributed by atoms with Crippen LogP contribution >= 0.6 is 34.8 Å². The van der Waals surface area contributed by atoms with E-state index in [2.05, 4.69) is 15.3 Å². The number of aryl methyl sites for hydroxylation is 3. The zero-order valence-corrected chi connectivity index (χ0v) is 17.7. The Balaban J connectivity index is 1.89. The van der Waals surface area contributed by atoms with Crippen molar-refractivity contribution in [2.75, 3.05) is 11.2 Å². The summed E-state index contributed by atoms with van der Waals surface area (Å²) in [6.07, 6.45) is 2.31. The highest BCUT2D eigenvalue weighted by Gasteiger charge is 2.15. The normalized spacial score (nSPS) is 10.8. The molecule has 4 nitrogen and oxygen atoms in total. The van der Waals surface area contributed by atoms with Gasteiger partial charge in [-0.2, -0.15) is 0 Å². The smallest absolute Gasteiger partial charge is 0.293 e. The zero-order chi connectivity index (χ0) is 20.3. The molecule has 0 spiro atoms. The molecule has 1 amide bonds. The molecule has 0 bridgehead atoms. The molecule has 0 unspecified atom stereocenters. The zero-order valence-electron chi connectivity index (χ0n) is 15.4. The van der Waals surface area contributed by atoms with Crippen molar-refractivity contribution in [1.82, 2.24) is 9.97 Å². The van der Waals surface area contributed by atoms with Crippen LogP contribution in [0.4, 0.5) is 5.69 Å². The first kappa shape index (κ1) is 20.6. The summed E-state index contributed by atoms with van der Waals surface area (Å²) < 4.78 is 0. The third kappa shape index (κ3) is 4.64. The first-order chi connectivity index (χ1) is 13.4. The Morgan fingerprint density at radius 1 is 1.07 bits per heavy atom. The van der Waals surface area contributed by atoms with Gasteiger partial charge in [-0.1, -0.05) is 35.3 Å². The van der Waals surface area contributed by atoms with Crippen LogP contribution in [0.15, 0.2) is 42.6 Å². The molecule has 0 saturated carbocycles. The van der Waals surface area contributed by atoms with Crippen LogP contribution < -0.4 is 5.32 Å². The number of nitrogens with zero attached hydrogens (tertiary/aromatic N) is 2. The summed E-state index contributed by atoms with van der Waals surface area (Å²) >= 11 is 18.1. The lowest BCUT2D eigenvalue weighted by Gasteiger charge is -2.13.